The van der Waals surface area contributed by atoms with E-state index in [9.17, 15) is 0 Å². The van der Waals surface area contributed by atoms with E-state index in [0.717, 1.165) is 29.9 Å². The average molecular weight is 245 g/mol. The Morgan fingerprint density at radius 1 is 1.25 bits per heavy atom. The lowest BCUT2D eigenvalue weighted by Crippen LogP contribution is -2.12. The third kappa shape index (κ3) is 2.78. The molecule has 0 amide bonds. The summed E-state index contributed by atoms with van der Waals surface area (Å²) in [5.41, 5.74) is 12.5. The molecular weight excluding hydrogens is 228 g/mol. The van der Waals surface area contributed by atoms with E-state index in [1.54, 1.807) is 0 Å². The van der Waals surface area contributed by atoms with Crippen LogP contribution in [0.25, 0.3) is 0 Å². The summed E-state index contributed by atoms with van der Waals surface area (Å²) in [5.74, 6) is 1.58. The second-order valence-corrected chi connectivity index (χ2v) is 3.65. The zero-order valence-electron chi connectivity index (χ0n) is 9.02. The summed E-state index contributed by atoms with van der Waals surface area (Å²) in [6.07, 6.45) is 1.84. The van der Waals surface area contributed by atoms with Gasteiger partial charge in [0.1, 0.15) is 0 Å². The standard InChI is InChI=1S/C11H16N2O2.ClH/c12-5-1-2-9(13)8-3-4-10-11(6-8)15-7-14-10;/h3-4,6,9H,1-2,5,7,12-13H2;1H/t9-;/m1./s1. The van der Waals surface area contributed by atoms with Crippen LogP contribution < -0.4 is 20.9 Å². The first-order valence-corrected chi connectivity index (χ1v) is 5.16. The van der Waals surface area contributed by atoms with Gasteiger partial charge in [-0.15, -0.1) is 12.4 Å². The molecule has 0 fully saturated rings. The van der Waals surface area contributed by atoms with E-state index in [0.29, 0.717) is 13.3 Å². The van der Waals surface area contributed by atoms with Crippen molar-refractivity contribution < 1.29 is 9.47 Å². The van der Waals surface area contributed by atoms with E-state index >= 15 is 0 Å². The number of hydrogen-bond acceptors (Lipinski definition) is 4. The van der Waals surface area contributed by atoms with Crippen LogP contribution in [0.15, 0.2) is 18.2 Å². The molecule has 0 bridgehead atoms. The van der Waals surface area contributed by atoms with E-state index in [1.165, 1.54) is 0 Å². The lowest BCUT2D eigenvalue weighted by molar-refractivity contribution is 0.174. The molecule has 0 saturated heterocycles. The van der Waals surface area contributed by atoms with Gasteiger partial charge in [0.15, 0.2) is 11.5 Å². The molecule has 2 rings (SSSR count). The monoisotopic (exact) mass is 244 g/mol. The van der Waals surface area contributed by atoms with Crippen LogP contribution in [0, 0.1) is 0 Å². The minimum atomic E-state index is 0. The van der Waals surface area contributed by atoms with Crippen LogP contribution in [0.3, 0.4) is 0 Å². The predicted octanol–water partition coefficient (Wildman–Crippen LogP) is 1.58. The van der Waals surface area contributed by atoms with Gasteiger partial charge in [-0.1, -0.05) is 6.07 Å². The molecule has 4 N–H and O–H groups in total. The van der Waals surface area contributed by atoms with Gasteiger partial charge >= 0.3 is 0 Å². The van der Waals surface area contributed by atoms with Crippen LogP contribution in [0.1, 0.15) is 24.4 Å². The maximum atomic E-state index is 6.02. The molecule has 1 aromatic rings. The molecule has 1 aliphatic rings. The topological polar surface area (TPSA) is 70.5 Å². The van der Waals surface area contributed by atoms with Crippen LogP contribution >= 0.6 is 12.4 Å². The van der Waals surface area contributed by atoms with E-state index < -0.39 is 0 Å². The minimum Gasteiger partial charge on any atom is -0.454 e. The molecule has 90 valence electrons. The second-order valence-electron chi connectivity index (χ2n) is 3.65. The number of ether oxygens (including phenoxy) is 2. The van der Waals surface area contributed by atoms with Gasteiger partial charge in [-0.05, 0) is 37.1 Å². The zero-order chi connectivity index (χ0) is 10.7. The van der Waals surface area contributed by atoms with Gasteiger partial charge in [-0.25, -0.2) is 0 Å². The summed E-state index contributed by atoms with van der Waals surface area (Å²) in [6, 6.07) is 5.86. The van der Waals surface area contributed by atoms with Crippen molar-refractivity contribution in [1.29, 1.82) is 0 Å². The molecule has 0 unspecified atom stereocenters. The Labute approximate surface area is 101 Å². The van der Waals surface area contributed by atoms with Crippen molar-refractivity contribution in [3.63, 3.8) is 0 Å². The highest BCUT2D eigenvalue weighted by Gasteiger charge is 2.15. The molecule has 1 atom stereocenters. The van der Waals surface area contributed by atoms with Crippen LogP contribution in [0.2, 0.25) is 0 Å². The van der Waals surface area contributed by atoms with Crippen molar-refractivity contribution in [3.05, 3.63) is 23.8 Å². The first-order chi connectivity index (χ1) is 7.31. The van der Waals surface area contributed by atoms with Gasteiger partial charge in [0.2, 0.25) is 6.79 Å². The molecule has 1 aromatic carbocycles. The van der Waals surface area contributed by atoms with Gasteiger partial charge in [-0.2, -0.15) is 0 Å². The molecular formula is C11H17ClN2O2. The third-order valence-corrected chi connectivity index (χ3v) is 2.54. The number of halogens is 1. The van der Waals surface area contributed by atoms with Crippen LogP contribution in [0.5, 0.6) is 11.5 Å². The summed E-state index contributed by atoms with van der Waals surface area (Å²) >= 11 is 0. The molecule has 5 heteroatoms. The van der Waals surface area contributed by atoms with Crippen molar-refractivity contribution in [1.82, 2.24) is 0 Å². The van der Waals surface area contributed by atoms with Crippen molar-refractivity contribution >= 4 is 12.4 Å². The number of nitrogens with two attached hydrogens (primary N) is 2. The van der Waals surface area contributed by atoms with E-state index in [4.69, 9.17) is 20.9 Å². The Balaban J connectivity index is 0.00000128. The highest BCUT2D eigenvalue weighted by molar-refractivity contribution is 5.85. The second kappa shape index (κ2) is 5.94. The predicted molar refractivity (Wildman–Crippen MR) is 65.0 cm³/mol. The first-order valence-electron chi connectivity index (χ1n) is 5.16. The Morgan fingerprint density at radius 2 is 2.00 bits per heavy atom. The van der Waals surface area contributed by atoms with Crippen LogP contribution in [0.4, 0.5) is 0 Å². The molecule has 0 aliphatic carbocycles. The van der Waals surface area contributed by atoms with Gasteiger partial charge in [0.05, 0.1) is 0 Å². The molecule has 16 heavy (non-hydrogen) atoms. The summed E-state index contributed by atoms with van der Waals surface area (Å²) in [7, 11) is 0. The van der Waals surface area contributed by atoms with E-state index in [1.807, 2.05) is 18.2 Å². The zero-order valence-corrected chi connectivity index (χ0v) is 9.83. The van der Waals surface area contributed by atoms with Gasteiger partial charge < -0.3 is 20.9 Å². The van der Waals surface area contributed by atoms with Crippen molar-refractivity contribution in [2.24, 2.45) is 11.5 Å². The van der Waals surface area contributed by atoms with Gasteiger partial charge in [-0.3, -0.25) is 0 Å². The SMILES string of the molecule is Cl.NCCC[C@@H](N)c1ccc2c(c1)OCO2. The van der Waals surface area contributed by atoms with Gasteiger partial charge in [0.25, 0.3) is 0 Å². The smallest absolute Gasteiger partial charge is 0.231 e. The largest absolute Gasteiger partial charge is 0.454 e. The maximum absolute atomic E-state index is 6.02. The highest BCUT2D eigenvalue weighted by atomic mass is 35.5. The molecule has 0 aromatic heterocycles. The van der Waals surface area contributed by atoms with Crippen molar-refractivity contribution in [2.45, 2.75) is 18.9 Å². The summed E-state index contributed by atoms with van der Waals surface area (Å²) in [6.45, 7) is 0.981. The molecule has 4 nitrogen and oxygen atoms in total. The summed E-state index contributed by atoms with van der Waals surface area (Å²) < 4.78 is 10.5. The van der Waals surface area contributed by atoms with Gasteiger partial charge in [0, 0.05) is 6.04 Å². The average Bonchev–Trinajstić information content (AvgIpc) is 2.72. The molecule has 0 saturated carbocycles. The normalized spacial score (nSPS) is 14.4. The fraction of sp³-hybridized carbons (Fsp3) is 0.455. The Bertz CT molecular complexity index is 347. The number of rotatable bonds is 4. The number of hydrogen-bond donors (Lipinski definition) is 2. The fourth-order valence-corrected chi connectivity index (χ4v) is 1.65. The van der Waals surface area contributed by atoms with Crippen LogP contribution in [-0.2, 0) is 0 Å². The van der Waals surface area contributed by atoms with E-state index in [-0.39, 0.29) is 18.4 Å². The highest BCUT2D eigenvalue weighted by Crippen LogP contribution is 2.34. The maximum Gasteiger partial charge on any atom is 0.231 e. The Morgan fingerprint density at radius 3 is 2.75 bits per heavy atom. The number of benzene rings is 1. The lowest BCUT2D eigenvalue weighted by Gasteiger charge is -2.11. The van der Waals surface area contributed by atoms with Crippen molar-refractivity contribution in [3.8, 4) is 11.5 Å². The fourth-order valence-electron chi connectivity index (χ4n) is 1.65. The molecule has 0 spiro atoms. The van der Waals surface area contributed by atoms with Crippen LogP contribution in [-0.4, -0.2) is 13.3 Å². The lowest BCUT2D eigenvalue weighted by atomic mass is 10.0. The third-order valence-electron chi connectivity index (χ3n) is 2.54. The Hall–Kier alpha value is -0.970. The first kappa shape index (κ1) is 13.1. The summed E-state index contributed by atoms with van der Waals surface area (Å²) in [5, 5.41) is 0. The minimum absolute atomic E-state index is 0. The molecule has 0 radical (unpaired) electrons. The molecule has 1 heterocycles. The van der Waals surface area contributed by atoms with E-state index in [2.05, 4.69) is 0 Å². The Kier molecular flexibility index (Phi) is 4.86. The molecule has 1 aliphatic heterocycles. The number of fused-ring (bicyclic) bond motifs is 1. The quantitative estimate of drug-likeness (QED) is 0.844. The van der Waals surface area contributed by atoms with Crippen molar-refractivity contribution in [2.75, 3.05) is 13.3 Å². The summed E-state index contributed by atoms with van der Waals surface area (Å²) in [4.78, 5) is 0.